The number of rotatable bonds is 4. The Bertz CT molecular complexity index is 163. The predicted octanol–water partition coefficient (Wildman–Crippen LogP) is 4.08. The highest BCUT2D eigenvalue weighted by Crippen LogP contribution is 2.31. The Labute approximate surface area is 88.2 Å². The maximum Gasteiger partial charge on any atom is 0.00570 e. The summed E-state index contributed by atoms with van der Waals surface area (Å²) < 4.78 is 0. The molecule has 0 nitrogen and oxygen atoms in total. The zero-order valence-electron chi connectivity index (χ0n) is 8.87. The molecule has 0 fully saturated rings. The first-order chi connectivity index (χ1) is 6.27. The van der Waals surface area contributed by atoms with Crippen LogP contribution >= 0.6 is 12.6 Å². The van der Waals surface area contributed by atoms with E-state index in [-0.39, 0.29) is 0 Å². The molecule has 0 N–H and O–H groups in total. The second kappa shape index (κ2) is 5.74. The van der Waals surface area contributed by atoms with Crippen LogP contribution in [-0.4, -0.2) is 5.25 Å². The molecule has 3 atom stereocenters. The van der Waals surface area contributed by atoms with Crippen LogP contribution in [0.1, 0.15) is 46.0 Å². The lowest BCUT2D eigenvalue weighted by atomic mass is 9.80. The van der Waals surface area contributed by atoms with Crippen molar-refractivity contribution in [3.63, 3.8) is 0 Å². The van der Waals surface area contributed by atoms with Gasteiger partial charge in [0, 0.05) is 5.25 Å². The molecule has 0 saturated carbocycles. The summed E-state index contributed by atoms with van der Waals surface area (Å²) in [7, 11) is 0. The SMILES string of the molecule is CCCC(CC)[C@H]1C=CC[C@@H](S)C1. The van der Waals surface area contributed by atoms with E-state index in [0.29, 0.717) is 5.25 Å². The van der Waals surface area contributed by atoms with Crippen molar-refractivity contribution in [2.24, 2.45) is 11.8 Å². The smallest absolute Gasteiger partial charge is 0.00570 e. The van der Waals surface area contributed by atoms with Crippen LogP contribution in [0.15, 0.2) is 12.2 Å². The molecule has 1 heteroatoms. The molecule has 1 rings (SSSR count). The highest BCUT2D eigenvalue weighted by molar-refractivity contribution is 7.80. The van der Waals surface area contributed by atoms with E-state index in [9.17, 15) is 0 Å². The average Bonchev–Trinajstić information content (AvgIpc) is 2.14. The molecular weight excluding hydrogens is 176 g/mol. The van der Waals surface area contributed by atoms with Crippen LogP contribution in [0.2, 0.25) is 0 Å². The first kappa shape index (κ1) is 11.2. The van der Waals surface area contributed by atoms with Crippen LogP contribution < -0.4 is 0 Å². The molecule has 1 aliphatic rings. The molecule has 0 spiro atoms. The van der Waals surface area contributed by atoms with E-state index in [4.69, 9.17) is 0 Å². The third-order valence-electron chi connectivity index (χ3n) is 3.13. The van der Waals surface area contributed by atoms with Crippen molar-refractivity contribution >= 4 is 12.6 Å². The van der Waals surface area contributed by atoms with Gasteiger partial charge in [0.25, 0.3) is 0 Å². The van der Waals surface area contributed by atoms with Gasteiger partial charge >= 0.3 is 0 Å². The fourth-order valence-corrected chi connectivity index (χ4v) is 2.71. The zero-order valence-corrected chi connectivity index (χ0v) is 9.76. The van der Waals surface area contributed by atoms with Gasteiger partial charge in [-0.25, -0.2) is 0 Å². The predicted molar refractivity (Wildman–Crippen MR) is 63.3 cm³/mol. The molecule has 76 valence electrons. The molecule has 13 heavy (non-hydrogen) atoms. The minimum absolute atomic E-state index is 0.612. The summed E-state index contributed by atoms with van der Waals surface area (Å²) in [5.74, 6) is 1.71. The Morgan fingerprint density at radius 3 is 2.77 bits per heavy atom. The monoisotopic (exact) mass is 198 g/mol. The van der Waals surface area contributed by atoms with Crippen molar-refractivity contribution in [2.45, 2.75) is 51.2 Å². The fraction of sp³-hybridized carbons (Fsp3) is 0.833. The standard InChI is InChI=1S/C12H22S/c1-3-6-10(4-2)11-7-5-8-12(13)9-11/h5,7,10-13H,3-4,6,8-9H2,1-2H3/t10?,11-,12+/m0/s1. The van der Waals surface area contributed by atoms with E-state index in [1.165, 1.54) is 32.1 Å². The van der Waals surface area contributed by atoms with Gasteiger partial charge in [0.15, 0.2) is 0 Å². The maximum absolute atomic E-state index is 4.57. The topological polar surface area (TPSA) is 0 Å². The normalized spacial score (nSPS) is 30.4. The molecular formula is C12H22S. The minimum atomic E-state index is 0.612. The van der Waals surface area contributed by atoms with Crippen molar-refractivity contribution in [3.05, 3.63) is 12.2 Å². The highest BCUT2D eigenvalue weighted by atomic mass is 32.1. The minimum Gasteiger partial charge on any atom is -0.176 e. The largest absolute Gasteiger partial charge is 0.176 e. The molecule has 0 aromatic carbocycles. The molecule has 0 bridgehead atoms. The van der Waals surface area contributed by atoms with Gasteiger partial charge in [-0.15, -0.1) is 0 Å². The van der Waals surface area contributed by atoms with Crippen LogP contribution in [-0.2, 0) is 0 Å². The summed E-state index contributed by atoms with van der Waals surface area (Å²) in [4.78, 5) is 0. The van der Waals surface area contributed by atoms with Crippen molar-refractivity contribution in [3.8, 4) is 0 Å². The molecule has 0 heterocycles. The molecule has 0 radical (unpaired) electrons. The van der Waals surface area contributed by atoms with E-state index in [2.05, 4.69) is 38.6 Å². The lowest BCUT2D eigenvalue weighted by Gasteiger charge is -2.28. The van der Waals surface area contributed by atoms with E-state index in [0.717, 1.165) is 11.8 Å². The van der Waals surface area contributed by atoms with Crippen LogP contribution in [0, 0.1) is 11.8 Å². The Hall–Kier alpha value is 0.0900. The van der Waals surface area contributed by atoms with Crippen LogP contribution in [0.4, 0.5) is 0 Å². The summed E-state index contributed by atoms with van der Waals surface area (Å²) >= 11 is 4.57. The average molecular weight is 198 g/mol. The van der Waals surface area contributed by atoms with Gasteiger partial charge in [-0.05, 0) is 24.7 Å². The number of allylic oxidation sites excluding steroid dienone is 2. The third-order valence-corrected chi connectivity index (χ3v) is 3.55. The van der Waals surface area contributed by atoms with Crippen molar-refractivity contribution in [1.29, 1.82) is 0 Å². The van der Waals surface area contributed by atoms with E-state index >= 15 is 0 Å². The second-order valence-electron chi connectivity index (χ2n) is 4.17. The first-order valence-corrected chi connectivity index (χ1v) is 6.14. The Morgan fingerprint density at radius 1 is 1.46 bits per heavy atom. The fourth-order valence-electron chi connectivity index (χ4n) is 2.34. The van der Waals surface area contributed by atoms with Gasteiger partial charge in [0.2, 0.25) is 0 Å². The number of hydrogen-bond acceptors (Lipinski definition) is 1. The van der Waals surface area contributed by atoms with E-state index < -0.39 is 0 Å². The quantitative estimate of drug-likeness (QED) is 0.511. The Morgan fingerprint density at radius 2 is 2.23 bits per heavy atom. The zero-order chi connectivity index (χ0) is 9.68. The number of hydrogen-bond donors (Lipinski definition) is 1. The second-order valence-corrected chi connectivity index (χ2v) is 4.90. The molecule has 0 aromatic heterocycles. The lowest BCUT2D eigenvalue weighted by Crippen LogP contribution is -2.19. The van der Waals surface area contributed by atoms with Gasteiger partial charge in [-0.2, -0.15) is 12.6 Å². The summed E-state index contributed by atoms with van der Waals surface area (Å²) in [6.07, 6.45) is 11.2. The highest BCUT2D eigenvalue weighted by Gasteiger charge is 2.21. The number of thiol groups is 1. The maximum atomic E-state index is 4.57. The van der Waals surface area contributed by atoms with Gasteiger partial charge in [-0.3, -0.25) is 0 Å². The summed E-state index contributed by atoms with van der Waals surface area (Å²) in [5.41, 5.74) is 0. The van der Waals surface area contributed by atoms with Gasteiger partial charge in [0.05, 0.1) is 0 Å². The van der Waals surface area contributed by atoms with Crippen molar-refractivity contribution in [2.75, 3.05) is 0 Å². The van der Waals surface area contributed by atoms with Crippen molar-refractivity contribution < 1.29 is 0 Å². The molecule has 0 saturated heterocycles. The van der Waals surface area contributed by atoms with Crippen molar-refractivity contribution in [1.82, 2.24) is 0 Å². The van der Waals surface area contributed by atoms with E-state index in [1.807, 2.05) is 0 Å². The summed E-state index contributed by atoms with van der Waals surface area (Å²) in [6.45, 7) is 4.60. The Kier molecular flexibility index (Phi) is 4.93. The summed E-state index contributed by atoms with van der Waals surface area (Å²) in [5, 5.41) is 0.612. The molecule has 1 unspecified atom stereocenters. The lowest BCUT2D eigenvalue weighted by molar-refractivity contribution is 0.328. The van der Waals surface area contributed by atoms with Crippen LogP contribution in [0.25, 0.3) is 0 Å². The first-order valence-electron chi connectivity index (χ1n) is 5.62. The molecule has 1 aliphatic carbocycles. The molecule has 0 aromatic rings. The van der Waals surface area contributed by atoms with Crippen LogP contribution in [0.5, 0.6) is 0 Å². The van der Waals surface area contributed by atoms with E-state index in [1.54, 1.807) is 0 Å². The van der Waals surface area contributed by atoms with Gasteiger partial charge in [-0.1, -0.05) is 45.3 Å². The van der Waals surface area contributed by atoms with Crippen LogP contribution in [0.3, 0.4) is 0 Å². The third kappa shape index (κ3) is 3.38. The van der Waals surface area contributed by atoms with Gasteiger partial charge < -0.3 is 0 Å². The van der Waals surface area contributed by atoms with Gasteiger partial charge in [0.1, 0.15) is 0 Å². The molecule has 0 aliphatic heterocycles. The Balaban J connectivity index is 2.47. The molecule has 0 amide bonds. The summed E-state index contributed by atoms with van der Waals surface area (Å²) in [6, 6.07) is 0.